The van der Waals surface area contributed by atoms with E-state index in [2.05, 4.69) is 5.32 Å². The summed E-state index contributed by atoms with van der Waals surface area (Å²) in [6.07, 6.45) is -3.20. The number of fused-ring (bicyclic) bond motifs is 3. The van der Waals surface area contributed by atoms with Gasteiger partial charge in [-0.15, -0.1) is 0 Å². The molecule has 27 heavy (non-hydrogen) atoms. The molecule has 8 heteroatoms. The van der Waals surface area contributed by atoms with Gasteiger partial charge in [0, 0.05) is 0 Å². The van der Waals surface area contributed by atoms with Gasteiger partial charge in [0.25, 0.3) is 5.91 Å². The van der Waals surface area contributed by atoms with Crippen LogP contribution in [0.3, 0.4) is 0 Å². The first-order valence-electron chi connectivity index (χ1n) is 9.00. The van der Waals surface area contributed by atoms with Crippen molar-refractivity contribution in [1.82, 2.24) is 0 Å². The fourth-order valence-corrected chi connectivity index (χ4v) is 3.78. The van der Waals surface area contributed by atoms with Crippen molar-refractivity contribution in [2.45, 2.75) is 70.0 Å². The summed E-state index contributed by atoms with van der Waals surface area (Å²) >= 11 is 0. The van der Waals surface area contributed by atoms with E-state index >= 15 is 0 Å². The van der Waals surface area contributed by atoms with Gasteiger partial charge >= 0.3 is 0 Å². The van der Waals surface area contributed by atoms with E-state index in [1.165, 1.54) is 0 Å². The molecule has 0 unspecified atom stereocenters. The lowest BCUT2D eigenvalue weighted by Gasteiger charge is -2.36. The van der Waals surface area contributed by atoms with Crippen molar-refractivity contribution >= 4 is 11.6 Å². The Bertz CT molecular complexity index is 735. The zero-order valence-electron chi connectivity index (χ0n) is 16.1. The lowest BCUT2D eigenvalue weighted by atomic mass is 9.98. The minimum atomic E-state index is -0.916. The third-order valence-electron chi connectivity index (χ3n) is 4.78. The van der Waals surface area contributed by atoms with Crippen molar-refractivity contribution in [3.05, 3.63) is 24.3 Å². The van der Waals surface area contributed by atoms with Crippen LogP contribution in [0.1, 0.15) is 27.7 Å². The summed E-state index contributed by atoms with van der Waals surface area (Å²) in [5.41, 5.74) is 0.550. The van der Waals surface area contributed by atoms with Crippen LogP contribution in [0.2, 0.25) is 0 Å². The summed E-state index contributed by atoms with van der Waals surface area (Å²) in [7, 11) is 1.55. The van der Waals surface area contributed by atoms with Gasteiger partial charge in [0.05, 0.1) is 12.8 Å². The van der Waals surface area contributed by atoms with Crippen LogP contribution in [-0.2, 0) is 28.5 Å². The van der Waals surface area contributed by atoms with Crippen LogP contribution in [0.5, 0.6) is 5.75 Å². The van der Waals surface area contributed by atoms with Gasteiger partial charge in [-0.25, -0.2) is 0 Å². The van der Waals surface area contributed by atoms with Gasteiger partial charge in [-0.3, -0.25) is 4.79 Å². The number of anilines is 1. The number of carbonyl (C=O) groups is 1. The van der Waals surface area contributed by atoms with Gasteiger partial charge in [0.2, 0.25) is 0 Å². The number of para-hydroxylation sites is 2. The first-order valence-corrected chi connectivity index (χ1v) is 9.00. The van der Waals surface area contributed by atoms with Gasteiger partial charge < -0.3 is 33.7 Å². The van der Waals surface area contributed by atoms with Crippen molar-refractivity contribution in [3.63, 3.8) is 0 Å². The monoisotopic (exact) mass is 379 g/mol. The number of rotatable bonds is 3. The number of nitrogens with one attached hydrogen (secondary N) is 1. The van der Waals surface area contributed by atoms with Gasteiger partial charge in [0.1, 0.15) is 24.1 Å². The number of carbonyl (C=O) groups excluding carboxylic acids is 1. The molecule has 3 heterocycles. The molecule has 0 aromatic heterocycles. The SMILES string of the molecule is COc1ccccc1NC(=O)[C@@H]1O[C@H]2OC(C)(C)O[C@@H]2[C@@H]2OC(C)(C)O[C@H]21. The third-order valence-corrected chi connectivity index (χ3v) is 4.78. The maximum atomic E-state index is 13.0. The fraction of sp³-hybridized carbons (Fsp3) is 0.632. The molecule has 1 N–H and O–H groups in total. The first kappa shape index (κ1) is 18.6. The molecule has 1 amide bonds. The van der Waals surface area contributed by atoms with Crippen LogP contribution in [-0.4, -0.2) is 55.3 Å². The molecule has 148 valence electrons. The Balaban J connectivity index is 1.59. The van der Waals surface area contributed by atoms with Crippen LogP contribution < -0.4 is 10.1 Å². The van der Waals surface area contributed by atoms with Crippen LogP contribution in [0, 0.1) is 0 Å². The number of methoxy groups -OCH3 is 1. The lowest BCUT2D eigenvalue weighted by Crippen LogP contribution is -2.58. The van der Waals surface area contributed by atoms with Crippen molar-refractivity contribution in [3.8, 4) is 5.75 Å². The molecule has 0 bridgehead atoms. The molecule has 0 radical (unpaired) electrons. The van der Waals surface area contributed by atoms with Crippen molar-refractivity contribution in [1.29, 1.82) is 0 Å². The first-order chi connectivity index (χ1) is 12.7. The van der Waals surface area contributed by atoms with Gasteiger partial charge in [-0.05, 0) is 39.8 Å². The van der Waals surface area contributed by atoms with E-state index in [-0.39, 0.29) is 5.91 Å². The fourth-order valence-electron chi connectivity index (χ4n) is 3.78. The van der Waals surface area contributed by atoms with E-state index in [9.17, 15) is 4.79 Å². The van der Waals surface area contributed by atoms with Crippen LogP contribution in [0.25, 0.3) is 0 Å². The summed E-state index contributed by atoms with van der Waals surface area (Å²) in [5, 5.41) is 2.85. The Morgan fingerprint density at radius 2 is 1.59 bits per heavy atom. The minimum absolute atomic E-state index is 0.359. The molecule has 3 fully saturated rings. The topological polar surface area (TPSA) is 84.5 Å². The molecule has 5 atom stereocenters. The van der Waals surface area contributed by atoms with Crippen molar-refractivity contribution < 1.29 is 33.2 Å². The molecule has 4 rings (SSSR count). The smallest absolute Gasteiger partial charge is 0.256 e. The normalized spacial score (nSPS) is 36.0. The second kappa shape index (κ2) is 6.42. The molecular formula is C19H25NO7. The molecule has 0 saturated carbocycles. The third kappa shape index (κ3) is 3.43. The Hall–Kier alpha value is -1.71. The molecule has 3 saturated heterocycles. The highest BCUT2D eigenvalue weighted by molar-refractivity contribution is 5.96. The largest absolute Gasteiger partial charge is 0.495 e. The number of ether oxygens (including phenoxy) is 6. The highest BCUT2D eigenvalue weighted by Gasteiger charge is 2.62. The van der Waals surface area contributed by atoms with Gasteiger partial charge in [-0.1, -0.05) is 12.1 Å². The number of hydrogen-bond donors (Lipinski definition) is 1. The molecule has 3 aliphatic heterocycles. The summed E-state index contributed by atoms with van der Waals surface area (Å²) in [5.74, 6) is -1.49. The summed E-state index contributed by atoms with van der Waals surface area (Å²) in [4.78, 5) is 13.0. The van der Waals surface area contributed by atoms with Gasteiger partial charge in [0.15, 0.2) is 24.0 Å². The van der Waals surface area contributed by atoms with Gasteiger partial charge in [-0.2, -0.15) is 0 Å². The quantitative estimate of drug-likeness (QED) is 0.860. The van der Waals surface area contributed by atoms with Crippen molar-refractivity contribution in [2.24, 2.45) is 0 Å². The van der Waals surface area contributed by atoms with E-state index in [0.717, 1.165) is 0 Å². The maximum absolute atomic E-state index is 13.0. The second-order valence-corrected chi connectivity index (χ2v) is 7.78. The maximum Gasteiger partial charge on any atom is 0.256 e. The van der Waals surface area contributed by atoms with Crippen LogP contribution >= 0.6 is 0 Å². The number of amides is 1. The molecule has 0 aliphatic carbocycles. The zero-order chi connectivity index (χ0) is 19.4. The van der Waals surface area contributed by atoms with E-state index < -0.39 is 42.3 Å². The van der Waals surface area contributed by atoms with E-state index in [1.807, 2.05) is 12.1 Å². The highest BCUT2D eigenvalue weighted by Crippen LogP contribution is 2.44. The molecule has 3 aliphatic rings. The van der Waals surface area contributed by atoms with Crippen LogP contribution in [0.4, 0.5) is 5.69 Å². The Labute approximate surface area is 158 Å². The average molecular weight is 379 g/mol. The highest BCUT2D eigenvalue weighted by atomic mass is 16.9. The standard InChI is InChI=1S/C19H25NO7/c1-18(2)24-12-13(25-18)15-17(27-19(3,4)26-15)23-14(12)16(21)20-10-8-6-7-9-11(10)22-5/h6-9,12-15,17H,1-5H3,(H,20,21)/t12-,13-,14-,15-,17+/m1/s1. The molecule has 8 nitrogen and oxygen atoms in total. The Morgan fingerprint density at radius 1 is 0.963 bits per heavy atom. The molecule has 1 aromatic rings. The number of hydrogen-bond acceptors (Lipinski definition) is 7. The van der Waals surface area contributed by atoms with Crippen molar-refractivity contribution in [2.75, 3.05) is 12.4 Å². The molecular weight excluding hydrogens is 354 g/mol. The average Bonchev–Trinajstić information content (AvgIpc) is 3.08. The Morgan fingerprint density at radius 3 is 2.33 bits per heavy atom. The predicted molar refractivity (Wildman–Crippen MR) is 94.1 cm³/mol. The lowest BCUT2D eigenvalue weighted by molar-refractivity contribution is -0.229. The van der Waals surface area contributed by atoms with E-state index in [1.54, 1.807) is 46.9 Å². The predicted octanol–water partition coefficient (Wildman–Crippen LogP) is 2.03. The van der Waals surface area contributed by atoms with E-state index in [4.69, 9.17) is 28.4 Å². The summed E-state index contributed by atoms with van der Waals surface area (Å²) in [6.45, 7) is 7.20. The van der Waals surface area contributed by atoms with E-state index in [0.29, 0.717) is 11.4 Å². The Kier molecular flexibility index (Phi) is 4.44. The molecule has 0 spiro atoms. The molecule has 1 aromatic carbocycles. The number of benzene rings is 1. The zero-order valence-corrected chi connectivity index (χ0v) is 16.1. The summed E-state index contributed by atoms with van der Waals surface area (Å²) in [6, 6.07) is 7.17. The summed E-state index contributed by atoms with van der Waals surface area (Å²) < 4.78 is 35.0. The second-order valence-electron chi connectivity index (χ2n) is 7.78. The van der Waals surface area contributed by atoms with Crippen LogP contribution in [0.15, 0.2) is 24.3 Å². The minimum Gasteiger partial charge on any atom is -0.495 e.